The van der Waals surface area contributed by atoms with E-state index in [0.29, 0.717) is 16.6 Å². The average Bonchev–Trinajstić information content (AvgIpc) is 3.32. The lowest BCUT2D eigenvalue weighted by Crippen LogP contribution is -2.35. The van der Waals surface area contributed by atoms with Gasteiger partial charge in [-0.15, -0.1) is 0 Å². The maximum Gasteiger partial charge on any atom is 0.318 e. The number of aliphatic imine (C=N–C) groups is 1. The number of nitrogens with zero attached hydrogens (tertiary/aromatic N) is 5. The van der Waals surface area contributed by atoms with Crippen molar-refractivity contribution in [3.8, 4) is 11.5 Å². The Balaban J connectivity index is 1.34. The molecule has 0 atom stereocenters. The molecule has 2 aromatic carbocycles. The molecule has 5 rings (SSSR count). The number of amides is 1. The minimum Gasteiger partial charge on any atom is -0.450 e. The molecule has 0 spiro atoms. The number of nitro benzene ring substituents is 2. The molecule has 1 saturated carbocycles. The number of non-ortho nitro benzene ring substituents is 1. The first kappa shape index (κ1) is 24.3. The maximum absolute atomic E-state index is 12.7. The van der Waals surface area contributed by atoms with Gasteiger partial charge in [-0.1, -0.05) is 31.4 Å². The lowest BCUT2D eigenvalue weighted by molar-refractivity contribution is -0.394. The van der Waals surface area contributed by atoms with Gasteiger partial charge in [0.1, 0.15) is 10.8 Å². The molecule has 2 aliphatic heterocycles. The van der Waals surface area contributed by atoms with Crippen LogP contribution in [0.5, 0.6) is 11.5 Å². The SMILES string of the molecule is N=C1/C(=C/c2ccc(Oc3ccc([N+](=O)[O-])cc3[N+](=O)[O-])cc2)C(=O)N=C2SC(C3CCCCC3)=NN12. The summed E-state index contributed by atoms with van der Waals surface area (Å²) in [4.78, 5) is 37.6. The van der Waals surface area contributed by atoms with Gasteiger partial charge in [-0.25, -0.2) is 0 Å². The molecule has 1 fully saturated rings. The van der Waals surface area contributed by atoms with Gasteiger partial charge in [0.05, 0.1) is 21.5 Å². The minimum atomic E-state index is -0.755. The fraction of sp³-hybridized carbons (Fsp3) is 0.250. The van der Waals surface area contributed by atoms with Crippen molar-refractivity contribution in [3.63, 3.8) is 0 Å². The molecule has 0 radical (unpaired) electrons. The predicted molar refractivity (Wildman–Crippen MR) is 138 cm³/mol. The Morgan fingerprint density at radius 3 is 2.46 bits per heavy atom. The van der Waals surface area contributed by atoms with Gasteiger partial charge in [-0.05, 0) is 54.4 Å². The number of hydrogen-bond donors (Lipinski definition) is 1. The number of carbonyl (C=O) groups is 1. The molecule has 2 aromatic rings. The van der Waals surface area contributed by atoms with E-state index in [1.807, 2.05) is 0 Å². The van der Waals surface area contributed by atoms with Crippen molar-refractivity contribution < 1.29 is 19.4 Å². The molecule has 1 amide bonds. The average molecular weight is 521 g/mol. The highest BCUT2D eigenvalue weighted by Gasteiger charge is 2.38. The largest absolute Gasteiger partial charge is 0.450 e. The van der Waals surface area contributed by atoms with Gasteiger partial charge in [0.2, 0.25) is 10.9 Å². The lowest BCUT2D eigenvalue weighted by atomic mass is 9.90. The first-order chi connectivity index (χ1) is 17.8. The van der Waals surface area contributed by atoms with Crippen molar-refractivity contribution in [1.29, 1.82) is 5.41 Å². The lowest BCUT2D eigenvalue weighted by Gasteiger charge is -2.20. The second kappa shape index (κ2) is 9.93. The highest BCUT2D eigenvalue weighted by Crippen LogP contribution is 2.37. The van der Waals surface area contributed by atoms with Crippen LogP contribution in [0.2, 0.25) is 0 Å². The van der Waals surface area contributed by atoms with Crippen LogP contribution in [0.3, 0.4) is 0 Å². The Bertz CT molecular complexity index is 1410. The fourth-order valence-corrected chi connectivity index (χ4v) is 5.35. The van der Waals surface area contributed by atoms with Crippen LogP contribution in [0.25, 0.3) is 6.08 Å². The highest BCUT2D eigenvalue weighted by molar-refractivity contribution is 8.27. The van der Waals surface area contributed by atoms with Crippen molar-refractivity contribution in [3.05, 3.63) is 73.8 Å². The third kappa shape index (κ3) is 4.98. The Morgan fingerprint density at radius 2 is 1.78 bits per heavy atom. The van der Waals surface area contributed by atoms with E-state index in [9.17, 15) is 25.0 Å². The number of fused-ring (bicyclic) bond motifs is 1. The van der Waals surface area contributed by atoms with Crippen molar-refractivity contribution >= 4 is 51.2 Å². The fourth-order valence-electron chi connectivity index (χ4n) is 4.30. The summed E-state index contributed by atoms with van der Waals surface area (Å²) in [5, 5.41) is 38.1. The molecule has 3 aliphatic rings. The number of rotatable bonds is 6. The van der Waals surface area contributed by atoms with Gasteiger partial charge in [0.15, 0.2) is 5.84 Å². The van der Waals surface area contributed by atoms with Crippen LogP contribution in [-0.2, 0) is 4.79 Å². The molecular weight excluding hydrogens is 500 g/mol. The van der Waals surface area contributed by atoms with Gasteiger partial charge >= 0.3 is 5.69 Å². The normalized spacial score (nSPS) is 18.9. The van der Waals surface area contributed by atoms with Crippen molar-refractivity contribution in [2.24, 2.45) is 16.0 Å². The van der Waals surface area contributed by atoms with Crippen LogP contribution in [0.1, 0.15) is 37.7 Å². The van der Waals surface area contributed by atoms with E-state index in [-0.39, 0.29) is 22.9 Å². The second-order valence-electron chi connectivity index (χ2n) is 8.63. The first-order valence-electron chi connectivity index (χ1n) is 11.5. The van der Waals surface area contributed by atoms with Gasteiger partial charge < -0.3 is 4.74 Å². The van der Waals surface area contributed by atoms with Crippen molar-refractivity contribution in [1.82, 2.24) is 5.01 Å². The number of amidine groups is 2. The summed E-state index contributed by atoms with van der Waals surface area (Å²) in [6, 6.07) is 9.43. The Hall–Kier alpha value is -4.39. The maximum atomic E-state index is 12.7. The molecule has 37 heavy (non-hydrogen) atoms. The van der Waals surface area contributed by atoms with E-state index in [1.165, 1.54) is 47.5 Å². The topological polar surface area (TPSA) is 164 Å². The summed E-state index contributed by atoms with van der Waals surface area (Å²) in [5.41, 5.74) is -0.275. The van der Waals surface area contributed by atoms with Gasteiger partial charge in [-0.3, -0.25) is 30.4 Å². The van der Waals surface area contributed by atoms with Crippen LogP contribution in [0, 0.1) is 31.6 Å². The molecule has 1 N–H and O–H groups in total. The summed E-state index contributed by atoms with van der Waals surface area (Å²) in [5.74, 6) is -0.129. The number of nitrogens with one attached hydrogen (secondary N) is 1. The molecule has 1 aliphatic carbocycles. The monoisotopic (exact) mass is 520 g/mol. The molecule has 0 unspecified atom stereocenters. The van der Waals surface area contributed by atoms with Crippen LogP contribution in [0.4, 0.5) is 11.4 Å². The number of hydrogen-bond acceptors (Lipinski definition) is 9. The van der Waals surface area contributed by atoms with E-state index in [0.717, 1.165) is 42.9 Å². The van der Waals surface area contributed by atoms with Crippen LogP contribution >= 0.6 is 11.8 Å². The molecular formula is C24H20N6O6S. The molecule has 188 valence electrons. The molecule has 13 heteroatoms. The van der Waals surface area contributed by atoms with Crippen molar-refractivity contribution in [2.45, 2.75) is 32.1 Å². The minimum absolute atomic E-state index is 0.0462. The number of ether oxygens (including phenoxy) is 1. The van der Waals surface area contributed by atoms with Gasteiger partial charge in [0.25, 0.3) is 11.6 Å². The summed E-state index contributed by atoms with van der Waals surface area (Å²) in [7, 11) is 0. The Kier molecular flexibility index (Phi) is 6.53. The number of benzene rings is 2. The van der Waals surface area contributed by atoms with Crippen LogP contribution in [0.15, 0.2) is 58.1 Å². The first-order valence-corrected chi connectivity index (χ1v) is 12.3. The predicted octanol–water partition coefficient (Wildman–Crippen LogP) is 5.49. The third-order valence-corrected chi connectivity index (χ3v) is 7.26. The van der Waals surface area contributed by atoms with Gasteiger partial charge in [-0.2, -0.15) is 15.1 Å². The molecule has 12 nitrogen and oxygen atoms in total. The number of thioether (sulfide) groups is 1. The summed E-state index contributed by atoms with van der Waals surface area (Å²) in [6.07, 6.45) is 7.14. The number of carbonyl (C=O) groups excluding carboxylic acids is 1. The molecule has 0 aromatic heterocycles. The molecule has 2 heterocycles. The zero-order chi connectivity index (χ0) is 26.1. The third-order valence-electron chi connectivity index (χ3n) is 6.19. The molecule has 0 bridgehead atoms. The summed E-state index contributed by atoms with van der Waals surface area (Å²) in [6.45, 7) is 0. The zero-order valence-electron chi connectivity index (χ0n) is 19.3. The van der Waals surface area contributed by atoms with Gasteiger partial charge in [0, 0.05) is 12.0 Å². The van der Waals surface area contributed by atoms with E-state index >= 15 is 0 Å². The van der Waals surface area contributed by atoms with Crippen molar-refractivity contribution in [2.75, 3.05) is 0 Å². The van der Waals surface area contributed by atoms with E-state index < -0.39 is 27.1 Å². The second-order valence-corrected chi connectivity index (χ2v) is 9.62. The van der Waals surface area contributed by atoms with Crippen LogP contribution < -0.4 is 4.74 Å². The molecule has 0 saturated heterocycles. The highest BCUT2D eigenvalue weighted by atomic mass is 32.2. The summed E-state index contributed by atoms with van der Waals surface area (Å²) >= 11 is 1.36. The quantitative estimate of drug-likeness (QED) is 0.296. The standard InChI is InChI=1S/C24H20N6O6S/c25-21-18(22(31)26-24-28(21)27-23(37-24)15-4-2-1-3-5-15)12-14-6-9-17(10-7-14)36-20-11-8-16(29(32)33)13-19(20)30(34)35/h6-13,15,25H,1-5H2/b18-12-,25-21?. The Labute approximate surface area is 214 Å². The van der Waals surface area contributed by atoms with E-state index in [2.05, 4.69) is 10.1 Å². The Morgan fingerprint density at radius 1 is 1.05 bits per heavy atom. The van der Waals surface area contributed by atoms with E-state index in [1.54, 1.807) is 12.1 Å². The summed E-state index contributed by atoms with van der Waals surface area (Å²) < 4.78 is 5.57. The number of nitro groups is 2. The van der Waals surface area contributed by atoms with E-state index in [4.69, 9.17) is 10.1 Å². The number of hydrazone groups is 1. The zero-order valence-corrected chi connectivity index (χ0v) is 20.1. The smallest absolute Gasteiger partial charge is 0.318 e. The van der Waals surface area contributed by atoms with Crippen LogP contribution in [-0.4, -0.2) is 36.8 Å².